The molecule has 4 nitrogen and oxygen atoms in total. The van der Waals surface area contributed by atoms with Gasteiger partial charge in [-0.15, -0.1) is 0 Å². The molecule has 1 aliphatic rings. The molecule has 0 saturated heterocycles. The van der Waals surface area contributed by atoms with Crippen molar-refractivity contribution in [3.05, 3.63) is 59.4 Å². The van der Waals surface area contributed by atoms with E-state index < -0.39 is 27.9 Å². The first kappa shape index (κ1) is 18.5. The largest absolute Gasteiger partial charge is 0.416 e. The van der Waals surface area contributed by atoms with Crippen LogP contribution in [0.3, 0.4) is 0 Å². The first-order valence-electron chi connectivity index (χ1n) is 7.58. The Bertz CT molecular complexity index is 950. The Kier molecular flexibility index (Phi) is 4.61. The third-order valence-corrected chi connectivity index (χ3v) is 5.05. The van der Waals surface area contributed by atoms with E-state index in [9.17, 15) is 26.0 Å². The summed E-state index contributed by atoms with van der Waals surface area (Å²) in [5.74, 6) is 0. The molecule has 2 aromatic rings. The number of sulfonamides is 1. The number of hydrogen-bond acceptors (Lipinski definition) is 3. The molecule has 1 atom stereocenters. The van der Waals surface area contributed by atoms with E-state index in [0.29, 0.717) is 22.4 Å². The molecule has 1 aromatic heterocycles. The molecule has 1 unspecified atom stereocenters. The molecular formula is C17H14F4N2O2S. The molecule has 0 bridgehead atoms. The Hall–Kier alpha value is -2.26. The van der Waals surface area contributed by atoms with Gasteiger partial charge in [-0.1, -0.05) is 12.1 Å². The number of pyridine rings is 1. The Labute approximate surface area is 147 Å². The Balaban J connectivity index is 2.00. The number of halogens is 4. The standard InChI is InChI=1S/C17H14F4N2O2S/c18-12-7-14(10-1-3-11(4-2-10)17(19,20)21)15(8-12)16-6-5-13(9-23-16)26(22,24)25/h1-6,9,12H,7-8H2,(H2,22,24,25). The summed E-state index contributed by atoms with van der Waals surface area (Å²) in [6.07, 6.45) is -4.44. The van der Waals surface area contributed by atoms with Gasteiger partial charge in [0.05, 0.1) is 11.3 Å². The van der Waals surface area contributed by atoms with Crippen molar-refractivity contribution < 1.29 is 26.0 Å². The van der Waals surface area contributed by atoms with Crippen molar-refractivity contribution in [2.45, 2.75) is 30.1 Å². The zero-order valence-corrected chi connectivity index (χ0v) is 14.1. The minimum absolute atomic E-state index is 0.0536. The van der Waals surface area contributed by atoms with Crippen LogP contribution in [0.4, 0.5) is 17.6 Å². The summed E-state index contributed by atoms with van der Waals surface area (Å²) >= 11 is 0. The van der Waals surface area contributed by atoms with E-state index in [4.69, 9.17) is 5.14 Å². The molecule has 0 fully saturated rings. The van der Waals surface area contributed by atoms with Gasteiger partial charge in [-0.3, -0.25) is 4.98 Å². The van der Waals surface area contributed by atoms with E-state index in [0.717, 1.165) is 18.3 Å². The number of benzene rings is 1. The maximum absolute atomic E-state index is 14.0. The van der Waals surface area contributed by atoms with Crippen LogP contribution in [0.25, 0.3) is 11.1 Å². The molecule has 138 valence electrons. The molecule has 0 saturated carbocycles. The van der Waals surface area contributed by atoms with E-state index in [1.54, 1.807) is 0 Å². The van der Waals surface area contributed by atoms with Gasteiger partial charge >= 0.3 is 6.18 Å². The monoisotopic (exact) mass is 386 g/mol. The lowest BCUT2D eigenvalue weighted by molar-refractivity contribution is -0.137. The minimum Gasteiger partial charge on any atom is -0.255 e. The lowest BCUT2D eigenvalue weighted by Crippen LogP contribution is -2.12. The van der Waals surface area contributed by atoms with Gasteiger partial charge in [0.1, 0.15) is 11.1 Å². The molecule has 0 amide bonds. The Morgan fingerprint density at radius 1 is 1.00 bits per heavy atom. The number of hydrogen-bond donors (Lipinski definition) is 1. The highest BCUT2D eigenvalue weighted by Gasteiger charge is 2.31. The average molecular weight is 386 g/mol. The number of nitrogens with zero attached hydrogens (tertiary/aromatic N) is 1. The summed E-state index contributed by atoms with van der Waals surface area (Å²) in [4.78, 5) is 3.86. The predicted octanol–water partition coefficient (Wildman–Crippen LogP) is 3.79. The zero-order valence-electron chi connectivity index (χ0n) is 13.3. The van der Waals surface area contributed by atoms with E-state index in [2.05, 4.69) is 4.98 Å². The van der Waals surface area contributed by atoms with Crippen LogP contribution in [0.15, 0.2) is 47.5 Å². The molecular weight excluding hydrogens is 372 g/mol. The third-order valence-electron chi connectivity index (χ3n) is 4.15. The normalized spacial score (nSPS) is 18.4. The minimum atomic E-state index is -4.45. The van der Waals surface area contributed by atoms with E-state index in [1.807, 2.05) is 0 Å². The molecule has 0 spiro atoms. The second-order valence-electron chi connectivity index (χ2n) is 5.96. The van der Waals surface area contributed by atoms with Crippen LogP contribution < -0.4 is 5.14 Å². The van der Waals surface area contributed by atoms with Crippen molar-refractivity contribution in [2.24, 2.45) is 5.14 Å². The molecule has 0 aliphatic heterocycles. The highest BCUT2D eigenvalue weighted by atomic mass is 32.2. The van der Waals surface area contributed by atoms with Crippen LogP contribution in [-0.2, 0) is 16.2 Å². The molecule has 1 heterocycles. The fourth-order valence-corrected chi connectivity index (χ4v) is 3.36. The van der Waals surface area contributed by atoms with Gasteiger partial charge in [-0.2, -0.15) is 13.2 Å². The van der Waals surface area contributed by atoms with Crippen molar-refractivity contribution in [3.63, 3.8) is 0 Å². The maximum Gasteiger partial charge on any atom is 0.416 e. The van der Waals surface area contributed by atoms with Crippen molar-refractivity contribution in [3.8, 4) is 0 Å². The quantitative estimate of drug-likeness (QED) is 0.816. The van der Waals surface area contributed by atoms with Crippen molar-refractivity contribution >= 4 is 21.2 Å². The topological polar surface area (TPSA) is 73.1 Å². The SMILES string of the molecule is NS(=O)(=O)c1ccc(C2=C(c3ccc(C(F)(F)F)cc3)CC(F)C2)nc1. The summed E-state index contributed by atoms with van der Waals surface area (Å²) in [6.45, 7) is 0. The van der Waals surface area contributed by atoms with E-state index >= 15 is 0 Å². The zero-order chi connectivity index (χ0) is 19.1. The summed E-state index contributed by atoms with van der Waals surface area (Å²) in [5.41, 5.74) is 1.16. The Morgan fingerprint density at radius 2 is 1.62 bits per heavy atom. The molecule has 2 N–H and O–H groups in total. The van der Waals surface area contributed by atoms with E-state index in [-0.39, 0.29) is 17.7 Å². The fourth-order valence-electron chi connectivity index (χ4n) is 2.90. The van der Waals surface area contributed by atoms with Crippen LogP contribution in [-0.4, -0.2) is 19.6 Å². The number of nitrogens with two attached hydrogens (primary N) is 1. The van der Waals surface area contributed by atoms with Gasteiger partial charge in [0, 0.05) is 19.0 Å². The molecule has 26 heavy (non-hydrogen) atoms. The fraction of sp³-hybridized carbons (Fsp3) is 0.235. The summed E-state index contributed by atoms with van der Waals surface area (Å²) in [5, 5.41) is 5.02. The predicted molar refractivity (Wildman–Crippen MR) is 88.0 cm³/mol. The smallest absolute Gasteiger partial charge is 0.255 e. The number of primary sulfonamides is 1. The van der Waals surface area contributed by atoms with Crippen molar-refractivity contribution in [2.75, 3.05) is 0 Å². The molecule has 0 radical (unpaired) electrons. The second-order valence-corrected chi connectivity index (χ2v) is 7.52. The van der Waals surface area contributed by atoms with Crippen molar-refractivity contribution in [1.29, 1.82) is 0 Å². The number of alkyl halides is 4. The van der Waals surface area contributed by atoms with E-state index in [1.165, 1.54) is 24.3 Å². The highest BCUT2D eigenvalue weighted by molar-refractivity contribution is 7.89. The number of aromatic nitrogens is 1. The van der Waals surface area contributed by atoms with Crippen LogP contribution >= 0.6 is 0 Å². The van der Waals surface area contributed by atoms with Gasteiger partial charge in [0.2, 0.25) is 10.0 Å². The average Bonchev–Trinajstić information content (AvgIpc) is 2.95. The van der Waals surface area contributed by atoms with Gasteiger partial charge in [0.15, 0.2) is 0 Å². The lowest BCUT2D eigenvalue weighted by atomic mass is 9.99. The van der Waals surface area contributed by atoms with Gasteiger partial charge < -0.3 is 0 Å². The summed E-state index contributed by atoms with van der Waals surface area (Å²) in [6, 6.07) is 7.17. The molecule has 1 aliphatic carbocycles. The first-order chi connectivity index (χ1) is 12.1. The van der Waals surface area contributed by atoms with Gasteiger partial charge in [0.25, 0.3) is 0 Å². The number of allylic oxidation sites excluding steroid dienone is 2. The molecule has 9 heteroatoms. The highest BCUT2D eigenvalue weighted by Crippen LogP contribution is 2.41. The summed E-state index contributed by atoms with van der Waals surface area (Å²) in [7, 11) is -3.90. The molecule has 1 aromatic carbocycles. The third kappa shape index (κ3) is 3.78. The van der Waals surface area contributed by atoms with Crippen LogP contribution in [0.5, 0.6) is 0 Å². The molecule has 3 rings (SSSR count). The van der Waals surface area contributed by atoms with Crippen LogP contribution in [0.1, 0.15) is 29.7 Å². The summed E-state index contributed by atoms with van der Waals surface area (Å²) < 4.78 is 74.6. The first-order valence-corrected chi connectivity index (χ1v) is 9.13. The number of rotatable bonds is 3. The maximum atomic E-state index is 14.0. The van der Waals surface area contributed by atoms with Gasteiger partial charge in [-0.25, -0.2) is 17.9 Å². The second kappa shape index (κ2) is 6.48. The van der Waals surface area contributed by atoms with Crippen LogP contribution in [0, 0.1) is 0 Å². The lowest BCUT2D eigenvalue weighted by Gasteiger charge is -2.10. The van der Waals surface area contributed by atoms with Crippen LogP contribution in [0.2, 0.25) is 0 Å². The Morgan fingerprint density at radius 3 is 2.12 bits per heavy atom. The van der Waals surface area contributed by atoms with Gasteiger partial charge in [-0.05, 0) is 41.0 Å². The van der Waals surface area contributed by atoms with Crippen molar-refractivity contribution in [1.82, 2.24) is 4.98 Å².